The molecule has 4 heteroatoms. The highest BCUT2D eigenvalue weighted by Crippen LogP contribution is 2.30. The molecule has 0 radical (unpaired) electrons. The summed E-state index contributed by atoms with van der Waals surface area (Å²) >= 11 is 0. The molecule has 0 amide bonds. The van der Waals surface area contributed by atoms with Crippen LogP contribution in [0.15, 0.2) is 78.9 Å². The van der Waals surface area contributed by atoms with Gasteiger partial charge in [0.1, 0.15) is 0 Å². The van der Waals surface area contributed by atoms with Crippen LogP contribution >= 0.6 is 0 Å². The van der Waals surface area contributed by atoms with E-state index in [1.165, 1.54) is 5.56 Å². The van der Waals surface area contributed by atoms with Crippen molar-refractivity contribution >= 4 is 17.6 Å². The summed E-state index contributed by atoms with van der Waals surface area (Å²) in [5, 5.41) is 9.57. The molecule has 0 unspecified atom stereocenters. The molecule has 0 saturated heterocycles. The van der Waals surface area contributed by atoms with E-state index in [1.807, 2.05) is 42.5 Å². The van der Waals surface area contributed by atoms with Crippen molar-refractivity contribution in [1.29, 1.82) is 0 Å². The number of hydrogen-bond donors (Lipinski definition) is 1. The van der Waals surface area contributed by atoms with Crippen LogP contribution in [0.1, 0.15) is 16.7 Å². The first-order chi connectivity index (χ1) is 13.7. The van der Waals surface area contributed by atoms with Crippen molar-refractivity contribution in [2.24, 2.45) is 0 Å². The molecule has 142 valence electrons. The third kappa shape index (κ3) is 5.01. The fourth-order valence-corrected chi connectivity index (χ4v) is 2.87. The Hall–Kier alpha value is -3.53. The largest absolute Gasteiger partial charge is 0.493 e. The van der Waals surface area contributed by atoms with Crippen molar-refractivity contribution in [3.05, 3.63) is 95.6 Å². The van der Waals surface area contributed by atoms with Gasteiger partial charge in [0.25, 0.3) is 0 Å². The normalized spacial score (nSPS) is 11.1. The lowest BCUT2D eigenvalue weighted by atomic mass is 10.0. The minimum absolute atomic E-state index is 0.223. The van der Waals surface area contributed by atoms with Gasteiger partial charge in [-0.05, 0) is 34.9 Å². The van der Waals surface area contributed by atoms with E-state index in [-0.39, 0.29) is 5.57 Å². The molecule has 0 heterocycles. The molecule has 0 aliphatic heterocycles. The molecule has 3 aromatic carbocycles. The predicted octanol–water partition coefficient (Wildman–Crippen LogP) is 4.94. The fourth-order valence-electron chi connectivity index (χ4n) is 2.87. The van der Waals surface area contributed by atoms with Crippen LogP contribution in [-0.2, 0) is 11.2 Å². The van der Waals surface area contributed by atoms with Gasteiger partial charge in [-0.1, -0.05) is 66.7 Å². The molecule has 0 fully saturated rings. The van der Waals surface area contributed by atoms with Gasteiger partial charge in [-0.25, -0.2) is 4.79 Å². The Morgan fingerprint density at radius 2 is 1.61 bits per heavy atom. The maximum Gasteiger partial charge on any atom is 0.336 e. The van der Waals surface area contributed by atoms with Gasteiger partial charge in [-0.3, -0.25) is 0 Å². The van der Waals surface area contributed by atoms with E-state index in [0.29, 0.717) is 23.7 Å². The van der Waals surface area contributed by atoms with E-state index in [9.17, 15) is 9.90 Å². The summed E-state index contributed by atoms with van der Waals surface area (Å²) in [7, 11) is 1.57. The van der Waals surface area contributed by atoms with Gasteiger partial charge in [0, 0.05) is 6.42 Å². The molecule has 0 aliphatic rings. The van der Waals surface area contributed by atoms with Crippen molar-refractivity contribution in [1.82, 2.24) is 0 Å². The number of carboxylic acids is 1. The zero-order valence-corrected chi connectivity index (χ0v) is 15.7. The topological polar surface area (TPSA) is 55.8 Å². The second kappa shape index (κ2) is 9.42. The van der Waals surface area contributed by atoms with Crippen LogP contribution in [-0.4, -0.2) is 24.8 Å². The van der Waals surface area contributed by atoms with E-state index in [1.54, 1.807) is 37.5 Å². The molecule has 3 aromatic rings. The number of benzene rings is 3. The Bertz CT molecular complexity index is 947. The summed E-state index contributed by atoms with van der Waals surface area (Å²) < 4.78 is 11.3. The maximum absolute atomic E-state index is 11.7. The molecule has 0 atom stereocenters. The quantitative estimate of drug-likeness (QED) is 0.448. The van der Waals surface area contributed by atoms with Gasteiger partial charge in [0.05, 0.1) is 19.3 Å². The first-order valence-electron chi connectivity index (χ1n) is 9.02. The minimum Gasteiger partial charge on any atom is -0.493 e. The van der Waals surface area contributed by atoms with Crippen LogP contribution in [0.3, 0.4) is 0 Å². The zero-order chi connectivity index (χ0) is 19.8. The lowest BCUT2D eigenvalue weighted by molar-refractivity contribution is -0.130. The first-order valence-corrected chi connectivity index (χ1v) is 9.02. The number of methoxy groups -OCH3 is 1. The number of rotatable bonds is 8. The molecule has 0 spiro atoms. The Morgan fingerprint density at radius 3 is 2.25 bits per heavy atom. The van der Waals surface area contributed by atoms with E-state index >= 15 is 0 Å². The third-order valence-corrected chi connectivity index (χ3v) is 4.31. The van der Waals surface area contributed by atoms with Gasteiger partial charge in [0.2, 0.25) is 0 Å². The first kappa shape index (κ1) is 19.2. The maximum atomic E-state index is 11.7. The molecule has 4 nitrogen and oxygen atoms in total. The summed E-state index contributed by atoms with van der Waals surface area (Å²) in [5.74, 6) is 0.222. The molecule has 0 bridgehead atoms. The molecule has 28 heavy (non-hydrogen) atoms. The van der Waals surface area contributed by atoms with Crippen LogP contribution in [0.5, 0.6) is 11.5 Å². The van der Waals surface area contributed by atoms with Crippen LogP contribution in [0.4, 0.5) is 0 Å². The zero-order valence-electron chi connectivity index (χ0n) is 15.7. The molecule has 0 saturated carbocycles. The van der Waals surface area contributed by atoms with Crippen molar-refractivity contribution < 1.29 is 19.4 Å². The standard InChI is InChI=1S/C24H22O4/c1-27-23-17-19(16-21(24(25)26)20-10-6-3-7-11-20)12-13-22(23)28-15-14-18-8-4-2-5-9-18/h2-13,16-17H,14-15H2,1H3,(H,25,26)/b21-16+. The second-order valence-corrected chi connectivity index (χ2v) is 6.22. The summed E-state index contributed by atoms with van der Waals surface area (Å²) in [4.78, 5) is 11.7. The molecular weight excluding hydrogens is 352 g/mol. The predicted molar refractivity (Wildman–Crippen MR) is 111 cm³/mol. The van der Waals surface area contributed by atoms with Crippen LogP contribution in [0, 0.1) is 0 Å². The Balaban J connectivity index is 1.77. The Kier molecular flexibility index (Phi) is 6.47. The van der Waals surface area contributed by atoms with E-state index in [2.05, 4.69) is 12.1 Å². The molecule has 3 rings (SSSR count). The molecule has 1 N–H and O–H groups in total. The fraction of sp³-hybridized carbons (Fsp3) is 0.125. The molecule has 0 aromatic heterocycles. The summed E-state index contributed by atoms with van der Waals surface area (Å²) in [6, 6.07) is 24.6. The number of carboxylic acid groups (broad SMARTS) is 1. The Morgan fingerprint density at radius 1 is 0.929 bits per heavy atom. The van der Waals surface area contributed by atoms with Crippen LogP contribution < -0.4 is 9.47 Å². The second-order valence-electron chi connectivity index (χ2n) is 6.22. The van der Waals surface area contributed by atoms with Gasteiger partial charge in [-0.2, -0.15) is 0 Å². The summed E-state index contributed by atoms with van der Waals surface area (Å²) in [5.41, 5.74) is 2.81. The van der Waals surface area contributed by atoms with E-state index in [4.69, 9.17) is 9.47 Å². The highest BCUT2D eigenvalue weighted by atomic mass is 16.5. The third-order valence-electron chi connectivity index (χ3n) is 4.31. The van der Waals surface area contributed by atoms with Crippen molar-refractivity contribution in [3.8, 4) is 11.5 Å². The number of hydrogen-bond acceptors (Lipinski definition) is 3. The molecular formula is C24H22O4. The minimum atomic E-state index is -0.978. The van der Waals surface area contributed by atoms with Crippen LogP contribution in [0.25, 0.3) is 11.6 Å². The lowest BCUT2D eigenvalue weighted by Crippen LogP contribution is -2.03. The number of carbonyl (C=O) groups is 1. The van der Waals surface area contributed by atoms with Gasteiger partial charge in [-0.15, -0.1) is 0 Å². The van der Waals surface area contributed by atoms with Gasteiger partial charge in [0.15, 0.2) is 11.5 Å². The van der Waals surface area contributed by atoms with Crippen molar-refractivity contribution in [3.63, 3.8) is 0 Å². The number of ether oxygens (including phenoxy) is 2. The number of aliphatic carboxylic acids is 1. The average Bonchev–Trinajstić information content (AvgIpc) is 2.74. The van der Waals surface area contributed by atoms with Crippen molar-refractivity contribution in [2.75, 3.05) is 13.7 Å². The summed E-state index contributed by atoms with van der Waals surface area (Å²) in [6.45, 7) is 0.528. The van der Waals surface area contributed by atoms with Crippen molar-refractivity contribution in [2.45, 2.75) is 6.42 Å². The monoisotopic (exact) mass is 374 g/mol. The van der Waals surface area contributed by atoms with Gasteiger partial charge < -0.3 is 14.6 Å². The van der Waals surface area contributed by atoms with Crippen LogP contribution in [0.2, 0.25) is 0 Å². The molecule has 0 aliphatic carbocycles. The Labute approximate surface area is 164 Å². The van der Waals surface area contributed by atoms with E-state index < -0.39 is 5.97 Å². The lowest BCUT2D eigenvalue weighted by Gasteiger charge is -2.12. The highest BCUT2D eigenvalue weighted by Gasteiger charge is 2.11. The summed E-state index contributed by atoms with van der Waals surface area (Å²) in [6.07, 6.45) is 2.43. The smallest absolute Gasteiger partial charge is 0.336 e. The van der Waals surface area contributed by atoms with Gasteiger partial charge >= 0.3 is 5.97 Å². The average molecular weight is 374 g/mol. The highest BCUT2D eigenvalue weighted by molar-refractivity contribution is 6.20. The SMILES string of the molecule is COc1cc(/C=C(/C(=O)O)c2ccccc2)ccc1OCCc1ccccc1. The van der Waals surface area contributed by atoms with E-state index in [0.717, 1.165) is 12.0 Å².